The standard InChI is InChI=1S/C11H11BrFN3/c1-6-5-7(3-4-8(6)13)9-10(12)16(2)11(14)15-9/h3-5H,1-2H3,(H2,14,15). The first kappa shape index (κ1) is 11.1. The van der Waals surface area contributed by atoms with Gasteiger partial charge in [-0.2, -0.15) is 0 Å². The number of anilines is 1. The van der Waals surface area contributed by atoms with Crippen LogP contribution in [0.25, 0.3) is 11.3 Å². The van der Waals surface area contributed by atoms with E-state index in [9.17, 15) is 4.39 Å². The fourth-order valence-electron chi connectivity index (χ4n) is 1.47. The fourth-order valence-corrected chi connectivity index (χ4v) is 1.97. The lowest BCUT2D eigenvalue weighted by molar-refractivity contribution is 0.619. The molecule has 0 aliphatic rings. The molecule has 0 amide bonds. The van der Waals surface area contributed by atoms with E-state index in [-0.39, 0.29) is 5.82 Å². The number of halogens is 2. The molecule has 0 saturated carbocycles. The van der Waals surface area contributed by atoms with Gasteiger partial charge in [-0.25, -0.2) is 9.37 Å². The zero-order valence-corrected chi connectivity index (χ0v) is 10.5. The predicted octanol–water partition coefficient (Wildman–Crippen LogP) is 2.88. The molecule has 0 saturated heterocycles. The maximum atomic E-state index is 13.1. The average Bonchev–Trinajstić information content (AvgIpc) is 2.50. The highest BCUT2D eigenvalue weighted by molar-refractivity contribution is 9.10. The molecule has 0 unspecified atom stereocenters. The van der Waals surface area contributed by atoms with Crippen LogP contribution in [-0.4, -0.2) is 9.55 Å². The zero-order chi connectivity index (χ0) is 11.9. The number of rotatable bonds is 1. The van der Waals surface area contributed by atoms with Crippen LogP contribution in [0.5, 0.6) is 0 Å². The summed E-state index contributed by atoms with van der Waals surface area (Å²) in [5, 5.41) is 0. The molecule has 16 heavy (non-hydrogen) atoms. The van der Waals surface area contributed by atoms with Gasteiger partial charge in [-0.15, -0.1) is 0 Å². The van der Waals surface area contributed by atoms with Crippen molar-refractivity contribution >= 4 is 21.9 Å². The molecule has 0 spiro atoms. The minimum absolute atomic E-state index is 0.219. The third-order valence-corrected chi connectivity index (χ3v) is 3.40. The van der Waals surface area contributed by atoms with E-state index in [0.29, 0.717) is 11.5 Å². The van der Waals surface area contributed by atoms with Gasteiger partial charge < -0.3 is 10.3 Å². The number of nitrogens with zero attached hydrogens (tertiary/aromatic N) is 2. The highest BCUT2D eigenvalue weighted by atomic mass is 79.9. The normalized spacial score (nSPS) is 10.8. The van der Waals surface area contributed by atoms with E-state index in [1.54, 1.807) is 23.6 Å². The first-order valence-electron chi connectivity index (χ1n) is 4.75. The van der Waals surface area contributed by atoms with Crippen LogP contribution in [0, 0.1) is 12.7 Å². The Labute approximate surface area is 101 Å². The molecule has 0 aliphatic carbocycles. The van der Waals surface area contributed by atoms with Crippen LogP contribution in [0.1, 0.15) is 5.56 Å². The maximum Gasteiger partial charge on any atom is 0.201 e. The van der Waals surface area contributed by atoms with Crippen LogP contribution in [0.15, 0.2) is 22.8 Å². The molecule has 2 N–H and O–H groups in total. The summed E-state index contributed by atoms with van der Waals surface area (Å²) in [6, 6.07) is 4.87. The summed E-state index contributed by atoms with van der Waals surface area (Å²) in [5.41, 5.74) is 7.86. The van der Waals surface area contributed by atoms with Crippen LogP contribution in [0.3, 0.4) is 0 Å². The molecule has 1 aromatic carbocycles. The zero-order valence-electron chi connectivity index (χ0n) is 8.96. The molecule has 0 aliphatic heterocycles. The predicted molar refractivity (Wildman–Crippen MR) is 65.5 cm³/mol. The van der Waals surface area contributed by atoms with Crippen LogP contribution in [-0.2, 0) is 7.05 Å². The fraction of sp³-hybridized carbons (Fsp3) is 0.182. The Morgan fingerprint density at radius 2 is 2.12 bits per heavy atom. The minimum Gasteiger partial charge on any atom is -0.369 e. The largest absolute Gasteiger partial charge is 0.369 e. The topological polar surface area (TPSA) is 43.8 Å². The summed E-state index contributed by atoms with van der Waals surface area (Å²) in [7, 11) is 1.81. The van der Waals surface area contributed by atoms with Crippen molar-refractivity contribution in [2.24, 2.45) is 7.05 Å². The van der Waals surface area contributed by atoms with Crippen molar-refractivity contribution in [2.75, 3.05) is 5.73 Å². The first-order chi connectivity index (χ1) is 7.50. The first-order valence-corrected chi connectivity index (χ1v) is 5.54. The molecule has 0 atom stereocenters. The number of hydrogen-bond donors (Lipinski definition) is 1. The van der Waals surface area contributed by atoms with Crippen molar-refractivity contribution in [2.45, 2.75) is 6.92 Å². The SMILES string of the molecule is Cc1cc(-c2nc(N)n(C)c2Br)ccc1F. The molecule has 84 valence electrons. The number of benzene rings is 1. The van der Waals surface area contributed by atoms with Crippen molar-refractivity contribution in [3.05, 3.63) is 34.2 Å². The van der Waals surface area contributed by atoms with Crippen molar-refractivity contribution in [3.8, 4) is 11.3 Å². The van der Waals surface area contributed by atoms with Gasteiger partial charge in [-0.05, 0) is 46.6 Å². The Balaban J connectivity index is 2.59. The lowest BCUT2D eigenvalue weighted by Crippen LogP contribution is -1.96. The van der Waals surface area contributed by atoms with Crippen LogP contribution >= 0.6 is 15.9 Å². The Hall–Kier alpha value is -1.36. The molecule has 2 rings (SSSR count). The Bertz CT molecular complexity index is 548. The quantitative estimate of drug-likeness (QED) is 0.875. The maximum absolute atomic E-state index is 13.1. The molecule has 0 fully saturated rings. The van der Waals surface area contributed by atoms with Gasteiger partial charge in [0.15, 0.2) is 0 Å². The van der Waals surface area contributed by atoms with Crippen LogP contribution < -0.4 is 5.73 Å². The summed E-state index contributed by atoms with van der Waals surface area (Å²) in [6.45, 7) is 1.72. The van der Waals surface area contributed by atoms with E-state index in [1.807, 2.05) is 7.05 Å². The monoisotopic (exact) mass is 283 g/mol. The summed E-state index contributed by atoms with van der Waals surface area (Å²) in [4.78, 5) is 4.22. The summed E-state index contributed by atoms with van der Waals surface area (Å²) < 4.78 is 15.7. The smallest absolute Gasteiger partial charge is 0.201 e. The van der Waals surface area contributed by atoms with Gasteiger partial charge in [-0.1, -0.05) is 0 Å². The second-order valence-electron chi connectivity index (χ2n) is 3.63. The molecular formula is C11H11BrFN3. The van der Waals surface area contributed by atoms with Gasteiger partial charge in [0.25, 0.3) is 0 Å². The van der Waals surface area contributed by atoms with Gasteiger partial charge >= 0.3 is 0 Å². The van der Waals surface area contributed by atoms with E-state index in [2.05, 4.69) is 20.9 Å². The molecule has 2 aromatic rings. The number of hydrogen-bond acceptors (Lipinski definition) is 2. The molecule has 3 nitrogen and oxygen atoms in total. The third-order valence-electron chi connectivity index (χ3n) is 2.49. The molecular weight excluding hydrogens is 273 g/mol. The van der Waals surface area contributed by atoms with Crippen molar-refractivity contribution in [1.29, 1.82) is 0 Å². The number of aromatic nitrogens is 2. The van der Waals surface area contributed by atoms with Gasteiger partial charge in [0.05, 0.1) is 0 Å². The molecule has 1 heterocycles. The Morgan fingerprint density at radius 1 is 1.44 bits per heavy atom. The molecule has 1 aromatic heterocycles. The Kier molecular flexibility index (Phi) is 2.71. The Morgan fingerprint density at radius 3 is 2.62 bits per heavy atom. The minimum atomic E-state index is -0.219. The number of nitrogen functional groups attached to an aromatic ring is 1. The lowest BCUT2D eigenvalue weighted by atomic mass is 10.1. The van der Waals surface area contributed by atoms with E-state index in [4.69, 9.17) is 5.73 Å². The lowest BCUT2D eigenvalue weighted by Gasteiger charge is -2.01. The molecule has 5 heteroatoms. The van der Waals surface area contributed by atoms with Gasteiger partial charge in [-0.3, -0.25) is 0 Å². The highest BCUT2D eigenvalue weighted by Gasteiger charge is 2.12. The van der Waals surface area contributed by atoms with E-state index in [0.717, 1.165) is 15.9 Å². The van der Waals surface area contributed by atoms with E-state index >= 15 is 0 Å². The van der Waals surface area contributed by atoms with Gasteiger partial charge in [0.2, 0.25) is 5.95 Å². The molecule has 0 bridgehead atoms. The summed E-state index contributed by atoms with van der Waals surface area (Å²) >= 11 is 3.41. The van der Waals surface area contributed by atoms with Crippen molar-refractivity contribution < 1.29 is 4.39 Å². The number of aryl methyl sites for hydroxylation is 1. The second kappa shape index (κ2) is 3.90. The number of nitrogens with two attached hydrogens (primary N) is 1. The van der Waals surface area contributed by atoms with E-state index in [1.165, 1.54) is 6.07 Å². The number of imidazole rings is 1. The van der Waals surface area contributed by atoms with Crippen LogP contribution in [0.2, 0.25) is 0 Å². The summed E-state index contributed by atoms with van der Waals surface area (Å²) in [5.74, 6) is 0.202. The highest BCUT2D eigenvalue weighted by Crippen LogP contribution is 2.29. The van der Waals surface area contributed by atoms with Gasteiger partial charge in [0.1, 0.15) is 16.1 Å². The second-order valence-corrected chi connectivity index (χ2v) is 4.38. The van der Waals surface area contributed by atoms with E-state index < -0.39 is 0 Å². The van der Waals surface area contributed by atoms with Gasteiger partial charge in [0, 0.05) is 12.6 Å². The van der Waals surface area contributed by atoms with Crippen molar-refractivity contribution in [1.82, 2.24) is 9.55 Å². The third kappa shape index (κ3) is 1.71. The molecule has 0 radical (unpaired) electrons. The average molecular weight is 284 g/mol. The van der Waals surface area contributed by atoms with Crippen molar-refractivity contribution in [3.63, 3.8) is 0 Å². The van der Waals surface area contributed by atoms with Crippen LogP contribution in [0.4, 0.5) is 10.3 Å². The summed E-state index contributed by atoms with van der Waals surface area (Å²) in [6.07, 6.45) is 0.